The Labute approximate surface area is 85.3 Å². The minimum absolute atomic E-state index is 0. The Kier molecular flexibility index (Phi) is 4.05. The molecule has 0 spiro atoms. The van der Waals surface area contributed by atoms with Gasteiger partial charge in [0, 0.05) is 26.2 Å². The largest absolute Gasteiger partial charge is 0.266 e. The van der Waals surface area contributed by atoms with Crippen molar-refractivity contribution in [1.29, 1.82) is 0 Å². The van der Waals surface area contributed by atoms with Crippen LogP contribution in [0, 0.1) is 12.0 Å². The Balaban J connectivity index is 0.000000810. The molecule has 1 rings (SSSR count). The molecule has 1 aliphatic carbocycles. The van der Waals surface area contributed by atoms with Crippen LogP contribution in [0.1, 0.15) is 20.8 Å². The van der Waals surface area contributed by atoms with Gasteiger partial charge in [-0.3, -0.25) is 6.08 Å². The zero-order chi connectivity index (χ0) is 7.02. The third-order valence-corrected chi connectivity index (χ3v) is 3.78. The second-order valence-electron chi connectivity index (χ2n) is 2.80. The molecule has 2 heteroatoms. The molecule has 0 amide bonds. The fourth-order valence-electron chi connectivity index (χ4n) is 1.16. The summed E-state index contributed by atoms with van der Waals surface area (Å²) in [6, 6.07) is 0. The first-order valence-corrected chi connectivity index (χ1v) is 4.40. The van der Waals surface area contributed by atoms with Gasteiger partial charge in [-0.05, 0) is 10.2 Å². The Morgan fingerprint density at radius 2 is 1.90 bits per heavy atom. The summed E-state index contributed by atoms with van der Waals surface area (Å²) in [7, 11) is 1.19. The summed E-state index contributed by atoms with van der Waals surface area (Å²) in [5.74, 6) is 0.595. The number of hydrogen-bond donors (Lipinski definition) is 0. The zero-order valence-corrected chi connectivity index (χ0v) is 11.5. The minimum Gasteiger partial charge on any atom is -0.266 e. The summed E-state index contributed by atoms with van der Waals surface area (Å²) < 4.78 is 0. The van der Waals surface area contributed by atoms with Gasteiger partial charge in [0.25, 0.3) is 0 Å². The van der Waals surface area contributed by atoms with E-state index in [0.29, 0.717) is 5.92 Å². The maximum absolute atomic E-state index is 3.39. The molecule has 0 heterocycles. The molecule has 0 saturated carbocycles. The van der Waals surface area contributed by atoms with Gasteiger partial charge in [-0.25, -0.2) is 10.8 Å². The van der Waals surface area contributed by atoms with Gasteiger partial charge < -0.3 is 0 Å². The van der Waals surface area contributed by atoms with Crippen LogP contribution >= 0.6 is 0 Å². The van der Waals surface area contributed by atoms with Crippen LogP contribution < -0.4 is 0 Å². The summed E-state index contributed by atoms with van der Waals surface area (Å²) in [6.45, 7) is 6.59. The van der Waals surface area contributed by atoms with Crippen molar-refractivity contribution in [3.63, 3.8) is 0 Å². The molecule has 0 N–H and O–H groups in total. The molecule has 0 fully saturated rings. The molecule has 0 bridgehead atoms. The van der Waals surface area contributed by atoms with Gasteiger partial charge in [-0.1, -0.05) is 26.7 Å². The van der Waals surface area contributed by atoms with Crippen molar-refractivity contribution in [1.82, 2.24) is 0 Å². The van der Waals surface area contributed by atoms with Crippen molar-refractivity contribution >= 4 is 10.2 Å². The van der Waals surface area contributed by atoms with E-state index in [4.69, 9.17) is 0 Å². The predicted molar refractivity (Wildman–Crippen MR) is 44.2 cm³/mol. The quantitative estimate of drug-likeness (QED) is 0.429. The molecule has 1 unspecified atom stereocenters. The molecule has 0 aromatic rings. The maximum Gasteiger partial charge on any atom is 0 e. The van der Waals surface area contributed by atoms with Crippen LogP contribution in [0.5, 0.6) is 0 Å². The predicted octanol–water partition coefficient (Wildman–Crippen LogP) is 1.02. The second kappa shape index (κ2) is 3.82. The molecule has 0 aromatic carbocycles. The van der Waals surface area contributed by atoms with Gasteiger partial charge in [-0.15, -0.1) is 0 Å². The van der Waals surface area contributed by atoms with Gasteiger partial charge >= 0.3 is 0 Å². The van der Waals surface area contributed by atoms with Crippen LogP contribution in [0.4, 0.5) is 0 Å². The smallest absolute Gasteiger partial charge is 0 e. The normalized spacial score (nSPS) is 24.7. The fourth-order valence-corrected chi connectivity index (χ4v) is 1.74. The first-order valence-electron chi connectivity index (χ1n) is 3.40. The molecule has 0 saturated heterocycles. The third kappa shape index (κ3) is 1.79. The Morgan fingerprint density at radius 3 is 2.00 bits per heavy atom. The first kappa shape index (κ1) is 10.6. The van der Waals surface area contributed by atoms with E-state index in [1.807, 2.05) is 0 Å². The second-order valence-corrected chi connectivity index (χ2v) is 3.80. The molecule has 0 aliphatic heterocycles. The van der Waals surface area contributed by atoms with Gasteiger partial charge in [0.2, 0.25) is 0 Å². The zero-order valence-electron chi connectivity index (χ0n) is 7.08. The number of hydrogen-bond acceptors (Lipinski definition) is 0. The van der Waals surface area contributed by atoms with Crippen LogP contribution in [-0.2, 0) is 26.2 Å². The van der Waals surface area contributed by atoms with E-state index in [9.17, 15) is 0 Å². The summed E-state index contributed by atoms with van der Waals surface area (Å²) in [5, 5.41) is 1.57. The van der Waals surface area contributed by atoms with Crippen molar-refractivity contribution in [2.75, 3.05) is 0 Å². The van der Waals surface area contributed by atoms with Gasteiger partial charge in [-0.2, -0.15) is 5.57 Å². The number of allylic oxidation sites excluding steroid dienone is 4. The molecule has 54 valence electrons. The van der Waals surface area contributed by atoms with Gasteiger partial charge in [0.05, 0.1) is 0 Å². The van der Waals surface area contributed by atoms with E-state index in [1.165, 1.54) is 15.8 Å². The summed E-state index contributed by atoms with van der Waals surface area (Å²) in [5.41, 5.74) is 2.94. The van der Waals surface area contributed by atoms with E-state index < -0.39 is 0 Å². The standard InChI is InChI=1S/C8H13Si.Zr/c1-5-4-6(2)8(9)7(5)3;/h5H,1-3,9H3;/q-1;. The molecular weight excluding hydrogens is 215 g/mol. The maximum atomic E-state index is 3.39. The van der Waals surface area contributed by atoms with E-state index in [0.717, 1.165) is 0 Å². The SMILES string of the molecule is CC1=[C-]C(C)C(C)=C1[SiH3].[Zr]. The fraction of sp³-hybridized carbons (Fsp3) is 0.500. The van der Waals surface area contributed by atoms with Crippen LogP contribution in [0.25, 0.3) is 0 Å². The van der Waals surface area contributed by atoms with E-state index in [1.54, 1.807) is 10.8 Å². The summed E-state index contributed by atoms with van der Waals surface area (Å²) >= 11 is 0. The van der Waals surface area contributed by atoms with Crippen molar-refractivity contribution in [3.8, 4) is 0 Å². The van der Waals surface area contributed by atoms with E-state index in [2.05, 4.69) is 26.8 Å². The van der Waals surface area contributed by atoms with Crippen LogP contribution in [0.3, 0.4) is 0 Å². The Hall–Kier alpha value is 0.580. The van der Waals surface area contributed by atoms with E-state index in [-0.39, 0.29) is 26.2 Å². The average molecular weight is 229 g/mol. The molecule has 1 atom stereocenters. The first-order chi connectivity index (χ1) is 4.13. The monoisotopic (exact) mass is 227 g/mol. The Bertz CT molecular complexity index is 191. The molecule has 1 aliphatic rings. The summed E-state index contributed by atoms with van der Waals surface area (Å²) in [4.78, 5) is 0. The average Bonchev–Trinajstić information content (AvgIpc) is 1.98. The molecule has 0 radical (unpaired) electrons. The van der Waals surface area contributed by atoms with Gasteiger partial charge in [0.1, 0.15) is 0 Å². The van der Waals surface area contributed by atoms with Crippen molar-refractivity contribution in [2.45, 2.75) is 20.8 Å². The van der Waals surface area contributed by atoms with E-state index >= 15 is 0 Å². The Morgan fingerprint density at radius 1 is 1.40 bits per heavy atom. The summed E-state index contributed by atoms with van der Waals surface area (Å²) in [6.07, 6.45) is 3.39. The molecule has 10 heavy (non-hydrogen) atoms. The van der Waals surface area contributed by atoms with Crippen LogP contribution in [0.15, 0.2) is 16.3 Å². The van der Waals surface area contributed by atoms with Crippen LogP contribution in [0.2, 0.25) is 0 Å². The van der Waals surface area contributed by atoms with Gasteiger partial charge in [0.15, 0.2) is 0 Å². The minimum atomic E-state index is 0. The molecule has 0 nitrogen and oxygen atoms in total. The van der Waals surface area contributed by atoms with Crippen molar-refractivity contribution in [2.24, 2.45) is 5.92 Å². The van der Waals surface area contributed by atoms with Crippen LogP contribution in [-0.4, -0.2) is 10.2 Å². The van der Waals surface area contributed by atoms with Crippen molar-refractivity contribution < 1.29 is 26.2 Å². The number of rotatable bonds is 0. The molecular formula is C8H13SiZr-. The topological polar surface area (TPSA) is 0 Å². The molecule has 0 aromatic heterocycles. The van der Waals surface area contributed by atoms with Crippen molar-refractivity contribution in [3.05, 3.63) is 22.4 Å². The third-order valence-electron chi connectivity index (χ3n) is 2.24.